The number of hydrogen-bond acceptors (Lipinski definition) is 2. The molecule has 0 aliphatic rings. The molecule has 0 aliphatic heterocycles. The summed E-state index contributed by atoms with van der Waals surface area (Å²) in [7, 11) is 0. The van der Waals surface area contributed by atoms with Crippen molar-refractivity contribution in [2.75, 3.05) is 17.3 Å². The fourth-order valence-electron chi connectivity index (χ4n) is 2.04. The molecule has 0 aromatic carbocycles. The summed E-state index contributed by atoms with van der Waals surface area (Å²) in [5.41, 5.74) is 0.506. The van der Waals surface area contributed by atoms with Crippen molar-refractivity contribution in [1.82, 2.24) is 0 Å². The third-order valence-electron chi connectivity index (χ3n) is 2.76. The van der Waals surface area contributed by atoms with Crippen LogP contribution < -0.4 is 0 Å². The first-order valence-electron chi connectivity index (χ1n) is 6.28. The Balaban J connectivity index is 4.08. The van der Waals surface area contributed by atoms with Crippen LogP contribution in [0.5, 0.6) is 0 Å². The standard InChI is InChI=1S/C13H28S2/c1-5-7-13(10-14,8-6-2)11-15-9-12(3)4/h12,14H,5-11H2,1-4H3. The zero-order valence-electron chi connectivity index (χ0n) is 10.9. The molecule has 0 amide bonds. The van der Waals surface area contributed by atoms with Crippen LogP contribution in [0, 0.1) is 11.3 Å². The van der Waals surface area contributed by atoms with Gasteiger partial charge in [-0.15, -0.1) is 0 Å². The molecular weight excluding hydrogens is 220 g/mol. The second kappa shape index (κ2) is 8.81. The van der Waals surface area contributed by atoms with Crippen molar-refractivity contribution in [3.05, 3.63) is 0 Å². The van der Waals surface area contributed by atoms with Gasteiger partial charge in [-0.2, -0.15) is 24.4 Å². The summed E-state index contributed by atoms with van der Waals surface area (Å²) in [4.78, 5) is 0. The van der Waals surface area contributed by atoms with Gasteiger partial charge in [-0.05, 0) is 41.4 Å². The van der Waals surface area contributed by atoms with Crippen LogP contribution in [0.4, 0.5) is 0 Å². The molecule has 0 rings (SSSR count). The van der Waals surface area contributed by atoms with E-state index in [1.165, 1.54) is 37.2 Å². The van der Waals surface area contributed by atoms with Gasteiger partial charge in [0.2, 0.25) is 0 Å². The molecule has 0 saturated heterocycles. The Labute approximate surface area is 106 Å². The Morgan fingerprint density at radius 3 is 2.00 bits per heavy atom. The molecule has 0 bridgehead atoms. The van der Waals surface area contributed by atoms with E-state index in [0.29, 0.717) is 5.41 Å². The Morgan fingerprint density at radius 2 is 1.67 bits per heavy atom. The van der Waals surface area contributed by atoms with Gasteiger partial charge in [-0.3, -0.25) is 0 Å². The predicted molar refractivity (Wildman–Crippen MR) is 78.3 cm³/mol. The molecule has 2 heteroatoms. The summed E-state index contributed by atoms with van der Waals surface area (Å²) < 4.78 is 0. The molecule has 0 atom stereocenters. The van der Waals surface area contributed by atoms with Gasteiger partial charge in [-0.25, -0.2) is 0 Å². The number of hydrogen-bond donors (Lipinski definition) is 1. The van der Waals surface area contributed by atoms with E-state index in [1.807, 2.05) is 0 Å². The Bertz CT molecular complexity index is 137. The Kier molecular flexibility index (Phi) is 9.22. The summed E-state index contributed by atoms with van der Waals surface area (Å²) >= 11 is 6.70. The summed E-state index contributed by atoms with van der Waals surface area (Å²) in [5.74, 6) is 4.47. The van der Waals surface area contributed by atoms with Crippen molar-refractivity contribution in [3.8, 4) is 0 Å². The van der Waals surface area contributed by atoms with Gasteiger partial charge in [0.05, 0.1) is 0 Å². The third kappa shape index (κ3) is 6.78. The second-order valence-corrected chi connectivity index (χ2v) is 6.41. The van der Waals surface area contributed by atoms with E-state index in [4.69, 9.17) is 0 Å². The van der Waals surface area contributed by atoms with Crippen molar-refractivity contribution in [1.29, 1.82) is 0 Å². The molecule has 0 unspecified atom stereocenters. The lowest BCUT2D eigenvalue weighted by Gasteiger charge is -2.32. The molecular formula is C13H28S2. The molecule has 0 N–H and O–H groups in total. The Morgan fingerprint density at radius 1 is 1.13 bits per heavy atom. The fourth-order valence-corrected chi connectivity index (χ4v) is 4.04. The van der Waals surface area contributed by atoms with E-state index in [2.05, 4.69) is 52.1 Å². The summed E-state index contributed by atoms with van der Waals surface area (Å²) in [5, 5.41) is 0. The van der Waals surface area contributed by atoms with E-state index in [-0.39, 0.29) is 0 Å². The lowest BCUT2D eigenvalue weighted by molar-refractivity contribution is 0.318. The van der Waals surface area contributed by atoms with Gasteiger partial charge in [0, 0.05) is 0 Å². The summed E-state index contributed by atoms with van der Waals surface area (Å²) in [6.07, 6.45) is 5.27. The summed E-state index contributed by atoms with van der Waals surface area (Å²) in [6, 6.07) is 0. The smallest absolute Gasteiger partial charge is 0.000290 e. The minimum absolute atomic E-state index is 0.506. The zero-order valence-corrected chi connectivity index (χ0v) is 12.6. The molecule has 92 valence electrons. The Hall–Kier alpha value is 0.700. The van der Waals surface area contributed by atoms with Crippen molar-refractivity contribution in [2.45, 2.75) is 53.4 Å². The van der Waals surface area contributed by atoms with E-state index in [0.717, 1.165) is 11.7 Å². The SMILES string of the molecule is CCCC(CS)(CCC)CSCC(C)C. The number of thiol groups is 1. The largest absolute Gasteiger partial charge is 0.179 e. The maximum absolute atomic E-state index is 4.58. The highest BCUT2D eigenvalue weighted by Gasteiger charge is 2.26. The van der Waals surface area contributed by atoms with Crippen LogP contribution in [0.15, 0.2) is 0 Å². The second-order valence-electron chi connectivity index (χ2n) is 5.07. The molecule has 0 heterocycles. The van der Waals surface area contributed by atoms with E-state index >= 15 is 0 Å². The average molecular weight is 249 g/mol. The topological polar surface area (TPSA) is 0 Å². The van der Waals surface area contributed by atoms with E-state index in [9.17, 15) is 0 Å². The molecule has 0 aliphatic carbocycles. The first kappa shape index (κ1) is 15.7. The predicted octanol–water partition coefficient (Wildman–Crippen LogP) is 4.89. The molecule has 0 radical (unpaired) electrons. The van der Waals surface area contributed by atoms with Crippen LogP contribution >= 0.6 is 24.4 Å². The monoisotopic (exact) mass is 248 g/mol. The van der Waals surface area contributed by atoms with Crippen LogP contribution in [-0.4, -0.2) is 17.3 Å². The highest BCUT2D eigenvalue weighted by atomic mass is 32.2. The molecule has 0 aromatic heterocycles. The van der Waals surface area contributed by atoms with Crippen molar-refractivity contribution < 1.29 is 0 Å². The van der Waals surface area contributed by atoms with Crippen molar-refractivity contribution >= 4 is 24.4 Å². The van der Waals surface area contributed by atoms with Gasteiger partial charge < -0.3 is 0 Å². The van der Waals surface area contributed by atoms with Crippen LogP contribution in [0.1, 0.15) is 53.4 Å². The minimum Gasteiger partial charge on any atom is -0.179 e. The summed E-state index contributed by atoms with van der Waals surface area (Å²) in [6.45, 7) is 9.19. The van der Waals surface area contributed by atoms with Gasteiger partial charge in [0.15, 0.2) is 0 Å². The van der Waals surface area contributed by atoms with Gasteiger partial charge >= 0.3 is 0 Å². The lowest BCUT2D eigenvalue weighted by Crippen LogP contribution is -2.26. The number of rotatable bonds is 9. The first-order valence-corrected chi connectivity index (χ1v) is 8.07. The lowest BCUT2D eigenvalue weighted by atomic mass is 9.83. The maximum atomic E-state index is 4.58. The molecule has 0 spiro atoms. The van der Waals surface area contributed by atoms with Crippen LogP contribution in [0.2, 0.25) is 0 Å². The van der Waals surface area contributed by atoms with Gasteiger partial charge in [0.1, 0.15) is 0 Å². The maximum Gasteiger partial charge on any atom is -0.000290 e. The van der Waals surface area contributed by atoms with Crippen molar-refractivity contribution in [2.24, 2.45) is 11.3 Å². The molecule has 0 saturated carbocycles. The van der Waals surface area contributed by atoms with E-state index in [1.54, 1.807) is 0 Å². The quantitative estimate of drug-likeness (QED) is 0.567. The highest BCUT2D eigenvalue weighted by Crippen LogP contribution is 2.35. The molecule has 0 fully saturated rings. The third-order valence-corrected chi connectivity index (χ3v) is 5.15. The van der Waals surface area contributed by atoms with E-state index < -0.39 is 0 Å². The zero-order chi connectivity index (χ0) is 11.7. The average Bonchev–Trinajstić information content (AvgIpc) is 2.17. The first-order chi connectivity index (χ1) is 7.10. The van der Waals surface area contributed by atoms with Gasteiger partial charge in [-0.1, -0.05) is 40.5 Å². The fraction of sp³-hybridized carbons (Fsp3) is 1.00. The minimum atomic E-state index is 0.506. The van der Waals surface area contributed by atoms with Crippen LogP contribution in [0.3, 0.4) is 0 Å². The van der Waals surface area contributed by atoms with Crippen molar-refractivity contribution in [3.63, 3.8) is 0 Å². The molecule has 0 nitrogen and oxygen atoms in total. The normalized spacial score (nSPS) is 12.4. The highest BCUT2D eigenvalue weighted by molar-refractivity contribution is 7.99. The number of thioether (sulfide) groups is 1. The van der Waals surface area contributed by atoms with Crippen LogP contribution in [0.25, 0.3) is 0 Å². The molecule has 15 heavy (non-hydrogen) atoms. The molecule has 0 aromatic rings. The van der Waals surface area contributed by atoms with Gasteiger partial charge in [0.25, 0.3) is 0 Å². The van der Waals surface area contributed by atoms with Crippen LogP contribution in [-0.2, 0) is 0 Å².